The Balaban J connectivity index is 1.96. The summed E-state index contributed by atoms with van der Waals surface area (Å²) in [6, 6.07) is 12.2. The molecule has 1 N–H and O–H groups in total. The van der Waals surface area contributed by atoms with E-state index in [0.717, 1.165) is 0 Å². The van der Waals surface area contributed by atoms with Gasteiger partial charge in [0, 0.05) is 12.1 Å². The quantitative estimate of drug-likeness (QED) is 0.803. The van der Waals surface area contributed by atoms with Gasteiger partial charge in [-0.25, -0.2) is 0 Å². The van der Waals surface area contributed by atoms with Gasteiger partial charge < -0.3 is 5.32 Å². The van der Waals surface area contributed by atoms with Gasteiger partial charge >= 0.3 is 0 Å². The summed E-state index contributed by atoms with van der Waals surface area (Å²) < 4.78 is 0. The lowest BCUT2D eigenvalue weighted by molar-refractivity contribution is 0.248. The molecule has 1 fully saturated rings. The Kier molecular flexibility index (Phi) is 4.59. The monoisotopic (exact) mass is 273 g/mol. The molecule has 0 aliphatic heterocycles. The Morgan fingerprint density at radius 2 is 1.90 bits per heavy atom. The Morgan fingerprint density at radius 1 is 1.25 bits per heavy atom. The second-order valence-corrected chi connectivity index (χ2v) is 7.96. The average molecular weight is 273 g/mol. The summed E-state index contributed by atoms with van der Waals surface area (Å²) in [5, 5.41) is 3.89. The second kappa shape index (κ2) is 5.89. The van der Waals surface area contributed by atoms with E-state index in [9.17, 15) is 0 Å². The number of benzene rings is 1. The number of hydrogen-bond donors (Lipinski definition) is 1. The zero-order valence-corrected chi connectivity index (χ0v) is 13.9. The molecule has 1 aromatic carbocycles. The Morgan fingerprint density at radius 3 is 2.45 bits per heavy atom. The molecule has 0 heterocycles. The Bertz CT molecular complexity index is 419. The molecule has 1 aliphatic rings. The summed E-state index contributed by atoms with van der Waals surface area (Å²) in [6.07, 6.45) is 5.26. The molecular formula is C19H31N. The number of nitrogens with one attached hydrogen (secondary N) is 1. The first kappa shape index (κ1) is 15.6. The van der Waals surface area contributed by atoms with Crippen LogP contribution in [0.2, 0.25) is 0 Å². The van der Waals surface area contributed by atoms with E-state index < -0.39 is 0 Å². The minimum Gasteiger partial charge on any atom is -0.311 e. The summed E-state index contributed by atoms with van der Waals surface area (Å²) in [4.78, 5) is 0. The summed E-state index contributed by atoms with van der Waals surface area (Å²) in [7, 11) is 0. The van der Waals surface area contributed by atoms with Crippen molar-refractivity contribution in [2.45, 2.75) is 77.8 Å². The van der Waals surface area contributed by atoms with Crippen LogP contribution in [0.5, 0.6) is 0 Å². The first-order chi connectivity index (χ1) is 9.31. The van der Waals surface area contributed by atoms with E-state index in [-0.39, 0.29) is 5.41 Å². The molecule has 1 saturated carbocycles. The molecule has 20 heavy (non-hydrogen) atoms. The molecule has 0 bridgehead atoms. The van der Waals surface area contributed by atoms with Crippen LogP contribution in [-0.4, -0.2) is 12.1 Å². The van der Waals surface area contributed by atoms with Crippen molar-refractivity contribution in [1.29, 1.82) is 0 Å². The van der Waals surface area contributed by atoms with Gasteiger partial charge in [0.1, 0.15) is 0 Å². The van der Waals surface area contributed by atoms with Gasteiger partial charge in [-0.1, -0.05) is 64.4 Å². The van der Waals surface area contributed by atoms with Crippen LogP contribution in [0.3, 0.4) is 0 Å². The molecule has 1 aliphatic carbocycles. The van der Waals surface area contributed by atoms with Crippen molar-refractivity contribution in [3.05, 3.63) is 35.9 Å². The SMILES string of the molecule is CC(CC(C)(C)c1ccccc1)NC1CCCC1(C)C. The van der Waals surface area contributed by atoms with Crippen molar-refractivity contribution >= 4 is 0 Å². The maximum absolute atomic E-state index is 3.89. The number of rotatable bonds is 5. The highest BCUT2D eigenvalue weighted by atomic mass is 15.0. The predicted octanol–water partition coefficient (Wildman–Crippen LogP) is 4.91. The zero-order chi connectivity index (χ0) is 14.8. The molecule has 2 rings (SSSR count). The highest BCUT2D eigenvalue weighted by Gasteiger charge is 2.35. The fraction of sp³-hybridized carbons (Fsp3) is 0.684. The molecule has 0 spiro atoms. The van der Waals surface area contributed by atoms with Crippen LogP contribution in [0, 0.1) is 5.41 Å². The predicted molar refractivity (Wildman–Crippen MR) is 88.1 cm³/mol. The maximum Gasteiger partial charge on any atom is 0.0121 e. The minimum atomic E-state index is 0.233. The molecule has 2 unspecified atom stereocenters. The fourth-order valence-corrected chi connectivity index (χ4v) is 3.81. The van der Waals surface area contributed by atoms with Crippen LogP contribution in [0.15, 0.2) is 30.3 Å². The van der Waals surface area contributed by atoms with E-state index in [2.05, 4.69) is 70.3 Å². The maximum atomic E-state index is 3.89. The average Bonchev–Trinajstić information content (AvgIpc) is 2.69. The van der Waals surface area contributed by atoms with Crippen molar-refractivity contribution < 1.29 is 0 Å². The topological polar surface area (TPSA) is 12.0 Å². The minimum absolute atomic E-state index is 0.233. The summed E-state index contributed by atoms with van der Waals surface area (Å²) >= 11 is 0. The van der Waals surface area contributed by atoms with Gasteiger partial charge in [-0.15, -0.1) is 0 Å². The molecule has 0 saturated heterocycles. The van der Waals surface area contributed by atoms with E-state index in [4.69, 9.17) is 0 Å². The van der Waals surface area contributed by atoms with Crippen LogP contribution in [-0.2, 0) is 5.41 Å². The third kappa shape index (κ3) is 3.63. The lowest BCUT2D eigenvalue weighted by atomic mass is 9.78. The second-order valence-electron chi connectivity index (χ2n) is 7.96. The van der Waals surface area contributed by atoms with Crippen LogP contribution >= 0.6 is 0 Å². The summed E-state index contributed by atoms with van der Waals surface area (Å²) in [5.41, 5.74) is 2.14. The molecule has 1 heteroatoms. The zero-order valence-electron chi connectivity index (χ0n) is 13.9. The molecule has 0 aromatic heterocycles. The van der Waals surface area contributed by atoms with Crippen molar-refractivity contribution in [2.24, 2.45) is 5.41 Å². The highest BCUT2D eigenvalue weighted by molar-refractivity contribution is 5.23. The van der Waals surface area contributed by atoms with Crippen LogP contribution in [0.25, 0.3) is 0 Å². The Hall–Kier alpha value is -0.820. The first-order valence-corrected chi connectivity index (χ1v) is 8.13. The van der Waals surface area contributed by atoms with E-state index in [1.807, 2.05) is 0 Å². The van der Waals surface area contributed by atoms with Gasteiger partial charge in [-0.05, 0) is 42.6 Å². The van der Waals surface area contributed by atoms with Gasteiger partial charge in [0.2, 0.25) is 0 Å². The van der Waals surface area contributed by atoms with Crippen LogP contribution in [0.4, 0.5) is 0 Å². The number of hydrogen-bond acceptors (Lipinski definition) is 1. The van der Waals surface area contributed by atoms with Gasteiger partial charge in [0.15, 0.2) is 0 Å². The molecule has 112 valence electrons. The van der Waals surface area contributed by atoms with Crippen molar-refractivity contribution in [2.75, 3.05) is 0 Å². The fourth-order valence-electron chi connectivity index (χ4n) is 3.81. The largest absolute Gasteiger partial charge is 0.311 e. The first-order valence-electron chi connectivity index (χ1n) is 8.13. The van der Waals surface area contributed by atoms with Gasteiger partial charge in [0.05, 0.1) is 0 Å². The summed E-state index contributed by atoms with van der Waals surface area (Å²) in [6.45, 7) is 11.9. The van der Waals surface area contributed by atoms with Gasteiger partial charge in [-0.2, -0.15) is 0 Å². The lowest BCUT2D eigenvalue weighted by Crippen LogP contribution is -2.44. The standard InChI is InChI=1S/C19H31N/c1-15(20-17-12-9-13-18(17,2)3)14-19(4,5)16-10-7-6-8-11-16/h6-8,10-11,15,17,20H,9,12-14H2,1-5H3. The van der Waals surface area contributed by atoms with E-state index in [1.165, 1.54) is 31.2 Å². The van der Waals surface area contributed by atoms with Gasteiger partial charge in [-0.3, -0.25) is 0 Å². The van der Waals surface area contributed by atoms with Crippen LogP contribution in [0.1, 0.15) is 65.9 Å². The Labute approximate surface area is 125 Å². The summed E-state index contributed by atoms with van der Waals surface area (Å²) in [5.74, 6) is 0. The smallest absolute Gasteiger partial charge is 0.0121 e. The molecule has 1 aromatic rings. The van der Waals surface area contributed by atoms with Crippen molar-refractivity contribution in [3.63, 3.8) is 0 Å². The molecule has 2 atom stereocenters. The normalized spacial score (nSPS) is 23.8. The van der Waals surface area contributed by atoms with Crippen molar-refractivity contribution in [1.82, 2.24) is 5.32 Å². The molecule has 0 amide bonds. The lowest BCUT2D eigenvalue weighted by Gasteiger charge is -2.34. The van der Waals surface area contributed by atoms with Gasteiger partial charge in [0.25, 0.3) is 0 Å². The third-order valence-electron chi connectivity index (χ3n) is 5.11. The molecule has 0 radical (unpaired) electrons. The molecular weight excluding hydrogens is 242 g/mol. The van der Waals surface area contributed by atoms with E-state index >= 15 is 0 Å². The van der Waals surface area contributed by atoms with E-state index in [1.54, 1.807) is 0 Å². The van der Waals surface area contributed by atoms with E-state index in [0.29, 0.717) is 17.5 Å². The third-order valence-corrected chi connectivity index (χ3v) is 5.11. The molecule has 1 nitrogen and oxygen atoms in total. The van der Waals surface area contributed by atoms with Crippen LogP contribution < -0.4 is 5.32 Å². The van der Waals surface area contributed by atoms with Crippen molar-refractivity contribution in [3.8, 4) is 0 Å². The highest BCUT2D eigenvalue weighted by Crippen LogP contribution is 2.38.